The van der Waals surface area contributed by atoms with Crippen molar-refractivity contribution in [1.82, 2.24) is 14.5 Å². The van der Waals surface area contributed by atoms with Crippen LogP contribution in [0.4, 0.5) is 0 Å². The largest absolute Gasteiger partial charge is 0.349 e. The molecule has 0 amide bonds. The van der Waals surface area contributed by atoms with Crippen LogP contribution in [-0.4, -0.2) is 34.1 Å². The first-order chi connectivity index (χ1) is 10.3. The van der Waals surface area contributed by atoms with E-state index in [0.717, 1.165) is 5.69 Å². The van der Waals surface area contributed by atoms with Gasteiger partial charge in [-0.1, -0.05) is 6.07 Å². The van der Waals surface area contributed by atoms with Crippen LogP contribution in [-0.2, 0) is 12.5 Å². The third-order valence-corrected chi connectivity index (χ3v) is 5.37. The minimum Gasteiger partial charge on any atom is -0.349 e. The molecule has 0 atom stereocenters. The molecule has 0 aliphatic carbocycles. The third kappa shape index (κ3) is 2.20. The highest BCUT2D eigenvalue weighted by Gasteiger charge is 2.39. The van der Waals surface area contributed by atoms with Gasteiger partial charge in [0.05, 0.1) is 11.4 Å². The number of nitrogens with zero attached hydrogens (tertiary/aromatic N) is 3. The van der Waals surface area contributed by atoms with Gasteiger partial charge in [0.25, 0.3) is 0 Å². The van der Waals surface area contributed by atoms with E-state index in [1.165, 1.54) is 56.6 Å². The van der Waals surface area contributed by atoms with Gasteiger partial charge in [-0.05, 0) is 62.5 Å². The number of fused-ring (bicyclic) bond motifs is 2. The van der Waals surface area contributed by atoms with Gasteiger partial charge in [-0.25, -0.2) is 0 Å². The molecule has 2 bridgehead atoms. The molecule has 2 saturated heterocycles. The Hall–Kier alpha value is -1.61. The van der Waals surface area contributed by atoms with E-state index in [9.17, 15) is 0 Å². The minimum absolute atomic E-state index is 0.371. The van der Waals surface area contributed by atoms with Crippen LogP contribution in [0.5, 0.6) is 0 Å². The molecule has 4 rings (SSSR count). The maximum Gasteiger partial charge on any atom is 0.0866 e. The van der Waals surface area contributed by atoms with Crippen LogP contribution in [0.1, 0.15) is 31.2 Å². The number of pyridine rings is 1. The minimum atomic E-state index is 0.371. The van der Waals surface area contributed by atoms with Crippen molar-refractivity contribution in [3.8, 4) is 11.4 Å². The van der Waals surface area contributed by atoms with Crippen LogP contribution in [0, 0.1) is 0 Å². The average molecular weight is 281 g/mol. The summed E-state index contributed by atoms with van der Waals surface area (Å²) in [5.41, 5.74) is 4.08. The van der Waals surface area contributed by atoms with E-state index in [1.54, 1.807) is 0 Å². The molecule has 0 spiro atoms. The predicted molar refractivity (Wildman–Crippen MR) is 85.2 cm³/mol. The number of piperidine rings is 2. The second kappa shape index (κ2) is 4.99. The summed E-state index contributed by atoms with van der Waals surface area (Å²) in [6, 6.07) is 8.73. The number of rotatable bonds is 2. The number of aromatic nitrogens is 2. The molecule has 0 unspecified atom stereocenters. The number of aryl methyl sites for hydroxylation is 1. The third-order valence-electron chi connectivity index (χ3n) is 5.37. The fraction of sp³-hybridized carbons (Fsp3) is 0.500. The van der Waals surface area contributed by atoms with E-state index in [4.69, 9.17) is 4.98 Å². The quantitative estimate of drug-likeness (QED) is 0.843. The number of hydrogen-bond acceptors (Lipinski definition) is 2. The van der Waals surface area contributed by atoms with Gasteiger partial charge in [0.15, 0.2) is 0 Å². The van der Waals surface area contributed by atoms with E-state index in [-0.39, 0.29) is 0 Å². The molecule has 0 N–H and O–H groups in total. The maximum atomic E-state index is 4.76. The SMILES string of the molecule is Cn1cccc1-c1ccc(C23CCCN(CCC2)C3)cn1. The van der Waals surface area contributed by atoms with Crippen molar-refractivity contribution in [1.29, 1.82) is 0 Å². The zero-order chi connectivity index (χ0) is 14.3. The van der Waals surface area contributed by atoms with E-state index in [0.29, 0.717) is 5.41 Å². The standard InChI is InChI=1S/C18H23N3/c1-20-10-2-5-17(20)16-7-6-15(13-19-16)18-8-3-11-21(14-18)12-4-9-18/h2,5-7,10,13H,3-4,8-9,11-12,14H2,1H3. The molecule has 2 aliphatic heterocycles. The Morgan fingerprint density at radius 1 is 1.10 bits per heavy atom. The second-order valence-corrected chi connectivity index (χ2v) is 6.70. The van der Waals surface area contributed by atoms with Crippen LogP contribution >= 0.6 is 0 Å². The Labute approximate surface area is 126 Å². The van der Waals surface area contributed by atoms with E-state index in [1.807, 2.05) is 0 Å². The van der Waals surface area contributed by atoms with Gasteiger partial charge in [0.2, 0.25) is 0 Å². The van der Waals surface area contributed by atoms with Crippen molar-refractivity contribution < 1.29 is 0 Å². The van der Waals surface area contributed by atoms with Gasteiger partial charge < -0.3 is 9.47 Å². The lowest BCUT2D eigenvalue weighted by Gasteiger charge is -2.47. The fourth-order valence-electron chi connectivity index (χ4n) is 4.23. The van der Waals surface area contributed by atoms with Gasteiger partial charge in [0, 0.05) is 31.4 Å². The molecule has 3 heteroatoms. The fourth-order valence-corrected chi connectivity index (χ4v) is 4.23. The Morgan fingerprint density at radius 2 is 1.90 bits per heavy atom. The smallest absolute Gasteiger partial charge is 0.0866 e. The maximum absolute atomic E-state index is 4.76. The zero-order valence-corrected chi connectivity index (χ0v) is 12.8. The first-order valence-corrected chi connectivity index (χ1v) is 8.07. The molecular formula is C18H23N3. The Bertz CT molecular complexity index is 616. The summed E-state index contributed by atoms with van der Waals surface area (Å²) in [4.78, 5) is 7.40. The van der Waals surface area contributed by atoms with Gasteiger partial charge in [-0.2, -0.15) is 0 Å². The van der Waals surface area contributed by atoms with E-state index >= 15 is 0 Å². The molecule has 0 aromatic carbocycles. The summed E-state index contributed by atoms with van der Waals surface area (Å²) in [5, 5.41) is 0. The molecular weight excluding hydrogens is 258 g/mol. The molecule has 2 aromatic rings. The van der Waals surface area contributed by atoms with Crippen LogP contribution < -0.4 is 0 Å². The Balaban J connectivity index is 1.66. The first kappa shape index (κ1) is 13.1. The first-order valence-electron chi connectivity index (χ1n) is 8.07. The lowest BCUT2D eigenvalue weighted by Crippen LogP contribution is -2.50. The summed E-state index contributed by atoms with van der Waals surface area (Å²) in [7, 11) is 2.07. The molecule has 2 aliphatic rings. The molecule has 3 nitrogen and oxygen atoms in total. The Morgan fingerprint density at radius 3 is 2.52 bits per heavy atom. The zero-order valence-electron chi connectivity index (χ0n) is 12.8. The highest BCUT2D eigenvalue weighted by atomic mass is 15.1. The summed E-state index contributed by atoms with van der Waals surface area (Å²) in [5.74, 6) is 0. The van der Waals surface area contributed by atoms with Crippen molar-refractivity contribution in [2.75, 3.05) is 19.6 Å². The lowest BCUT2D eigenvalue weighted by atomic mass is 9.69. The van der Waals surface area contributed by atoms with Gasteiger partial charge in [-0.3, -0.25) is 4.98 Å². The van der Waals surface area contributed by atoms with Gasteiger partial charge in [-0.15, -0.1) is 0 Å². The molecule has 21 heavy (non-hydrogen) atoms. The highest BCUT2D eigenvalue weighted by molar-refractivity contribution is 5.55. The number of hydrogen-bond donors (Lipinski definition) is 0. The van der Waals surface area contributed by atoms with Crippen LogP contribution in [0.25, 0.3) is 11.4 Å². The monoisotopic (exact) mass is 281 g/mol. The molecule has 2 fully saturated rings. The predicted octanol–water partition coefficient (Wildman–Crippen LogP) is 3.21. The molecule has 4 heterocycles. The topological polar surface area (TPSA) is 21.1 Å². The lowest BCUT2D eigenvalue weighted by molar-refractivity contribution is 0.0941. The second-order valence-electron chi connectivity index (χ2n) is 6.70. The van der Waals surface area contributed by atoms with Crippen molar-refractivity contribution in [2.24, 2.45) is 7.05 Å². The summed E-state index contributed by atoms with van der Waals surface area (Å²) in [6.45, 7) is 3.81. The van der Waals surface area contributed by atoms with E-state index < -0.39 is 0 Å². The molecule has 0 saturated carbocycles. The molecule has 0 radical (unpaired) electrons. The van der Waals surface area contributed by atoms with E-state index in [2.05, 4.69) is 53.2 Å². The summed E-state index contributed by atoms with van der Waals surface area (Å²) in [6.07, 6.45) is 9.53. The van der Waals surface area contributed by atoms with Gasteiger partial charge in [0.1, 0.15) is 0 Å². The van der Waals surface area contributed by atoms with Crippen LogP contribution in [0.2, 0.25) is 0 Å². The van der Waals surface area contributed by atoms with Crippen LogP contribution in [0.3, 0.4) is 0 Å². The van der Waals surface area contributed by atoms with Crippen molar-refractivity contribution >= 4 is 0 Å². The van der Waals surface area contributed by atoms with Crippen molar-refractivity contribution in [2.45, 2.75) is 31.1 Å². The molecule has 110 valence electrons. The Kier molecular flexibility index (Phi) is 3.11. The van der Waals surface area contributed by atoms with Gasteiger partial charge >= 0.3 is 0 Å². The average Bonchev–Trinajstić information content (AvgIpc) is 2.94. The summed E-state index contributed by atoms with van der Waals surface area (Å²) >= 11 is 0. The van der Waals surface area contributed by atoms with Crippen LogP contribution in [0.15, 0.2) is 36.7 Å². The normalized spacial score (nSPS) is 28.5. The highest BCUT2D eigenvalue weighted by Crippen LogP contribution is 2.41. The summed E-state index contributed by atoms with van der Waals surface area (Å²) < 4.78 is 2.13. The van der Waals surface area contributed by atoms with Crippen molar-refractivity contribution in [3.63, 3.8) is 0 Å². The van der Waals surface area contributed by atoms with Crippen molar-refractivity contribution in [3.05, 3.63) is 42.2 Å². The molecule has 2 aromatic heterocycles.